The smallest absolute Gasteiger partial charge is 0.173 e. The quantitative estimate of drug-likeness (QED) is 0.817. The number of nitrogens with one attached hydrogen (secondary N) is 1. The van der Waals surface area contributed by atoms with E-state index in [1.807, 2.05) is 0 Å². The zero-order valence-electron chi connectivity index (χ0n) is 12.9. The lowest BCUT2D eigenvalue weighted by molar-refractivity contribution is 0.276. The number of piperidine rings is 1. The number of rotatable bonds is 3. The van der Waals surface area contributed by atoms with Crippen LogP contribution in [0.3, 0.4) is 0 Å². The van der Waals surface area contributed by atoms with Gasteiger partial charge in [0.1, 0.15) is 0 Å². The Hall–Kier alpha value is -1.09. The van der Waals surface area contributed by atoms with Gasteiger partial charge in [-0.2, -0.15) is 0 Å². The van der Waals surface area contributed by atoms with Crippen molar-refractivity contribution in [2.75, 3.05) is 18.4 Å². The van der Waals surface area contributed by atoms with Gasteiger partial charge < -0.3 is 10.2 Å². The highest BCUT2D eigenvalue weighted by Gasteiger charge is 2.18. The van der Waals surface area contributed by atoms with Gasteiger partial charge in [0.15, 0.2) is 5.11 Å². The molecule has 0 aliphatic carbocycles. The van der Waals surface area contributed by atoms with Crippen LogP contribution in [0.25, 0.3) is 0 Å². The maximum Gasteiger partial charge on any atom is 0.173 e. The van der Waals surface area contributed by atoms with Crippen LogP contribution >= 0.6 is 12.2 Å². The van der Waals surface area contributed by atoms with Crippen molar-refractivity contribution in [1.29, 1.82) is 0 Å². The zero-order valence-corrected chi connectivity index (χ0v) is 13.7. The average molecular weight is 290 g/mol. The molecule has 0 spiro atoms. The fourth-order valence-electron chi connectivity index (χ4n) is 2.71. The van der Waals surface area contributed by atoms with Crippen LogP contribution in [0.5, 0.6) is 0 Å². The molecule has 1 saturated heterocycles. The molecule has 1 aromatic carbocycles. The second-order valence-electron chi connectivity index (χ2n) is 6.05. The molecule has 0 saturated carbocycles. The van der Waals surface area contributed by atoms with E-state index >= 15 is 0 Å². The van der Waals surface area contributed by atoms with E-state index in [0.717, 1.165) is 29.8 Å². The van der Waals surface area contributed by atoms with Gasteiger partial charge in [0.05, 0.1) is 0 Å². The van der Waals surface area contributed by atoms with E-state index in [4.69, 9.17) is 12.2 Å². The first-order valence-electron chi connectivity index (χ1n) is 7.76. The third-order valence-electron chi connectivity index (χ3n) is 4.29. The monoisotopic (exact) mass is 290 g/mol. The minimum atomic E-state index is 0.624. The maximum absolute atomic E-state index is 5.53. The second kappa shape index (κ2) is 7.07. The van der Waals surface area contributed by atoms with Crippen molar-refractivity contribution >= 4 is 23.0 Å². The van der Waals surface area contributed by atoms with Gasteiger partial charge >= 0.3 is 0 Å². The molecule has 2 unspecified atom stereocenters. The van der Waals surface area contributed by atoms with Crippen LogP contribution in [0, 0.1) is 5.92 Å². The van der Waals surface area contributed by atoms with E-state index in [1.54, 1.807) is 0 Å². The van der Waals surface area contributed by atoms with Crippen molar-refractivity contribution in [3.63, 3.8) is 0 Å². The Labute approximate surface area is 128 Å². The molecule has 110 valence electrons. The molecule has 2 atom stereocenters. The van der Waals surface area contributed by atoms with Gasteiger partial charge in [0.25, 0.3) is 0 Å². The van der Waals surface area contributed by atoms with Crippen LogP contribution in [0.4, 0.5) is 5.69 Å². The largest absolute Gasteiger partial charge is 0.349 e. The number of likely N-dealkylation sites (tertiary alicyclic amines) is 1. The lowest BCUT2D eigenvalue weighted by atomic mass is 9.98. The van der Waals surface area contributed by atoms with Crippen molar-refractivity contribution in [3.8, 4) is 0 Å². The Morgan fingerprint density at radius 3 is 2.70 bits per heavy atom. The lowest BCUT2D eigenvalue weighted by Crippen LogP contribution is -2.41. The number of anilines is 1. The fraction of sp³-hybridized carbons (Fsp3) is 0.588. The molecule has 0 amide bonds. The van der Waals surface area contributed by atoms with Gasteiger partial charge in [-0.05, 0) is 61.0 Å². The Morgan fingerprint density at radius 2 is 2.10 bits per heavy atom. The summed E-state index contributed by atoms with van der Waals surface area (Å²) in [7, 11) is 0. The van der Waals surface area contributed by atoms with Crippen molar-refractivity contribution in [2.45, 2.75) is 46.0 Å². The zero-order chi connectivity index (χ0) is 14.5. The molecular weight excluding hydrogens is 264 g/mol. The molecular formula is C17H26N2S. The molecule has 1 heterocycles. The van der Waals surface area contributed by atoms with Crippen LogP contribution in [-0.2, 0) is 0 Å². The van der Waals surface area contributed by atoms with Crippen molar-refractivity contribution < 1.29 is 0 Å². The summed E-state index contributed by atoms with van der Waals surface area (Å²) >= 11 is 5.53. The van der Waals surface area contributed by atoms with Gasteiger partial charge in [0.2, 0.25) is 0 Å². The topological polar surface area (TPSA) is 15.3 Å². The molecule has 0 radical (unpaired) electrons. The Kier molecular flexibility index (Phi) is 5.41. The van der Waals surface area contributed by atoms with Crippen molar-refractivity contribution in [2.24, 2.45) is 5.92 Å². The lowest BCUT2D eigenvalue weighted by Gasteiger charge is -2.33. The SMILES string of the molecule is CCC(C)c1ccc(NC(=S)N2CCCC(C)C2)cc1. The molecule has 1 aliphatic rings. The van der Waals surface area contributed by atoms with E-state index < -0.39 is 0 Å². The van der Waals surface area contributed by atoms with Crippen LogP contribution < -0.4 is 5.32 Å². The van der Waals surface area contributed by atoms with Gasteiger partial charge in [-0.15, -0.1) is 0 Å². The summed E-state index contributed by atoms with van der Waals surface area (Å²) < 4.78 is 0. The van der Waals surface area contributed by atoms with E-state index in [1.165, 1.54) is 24.8 Å². The van der Waals surface area contributed by atoms with Crippen molar-refractivity contribution in [1.82, 2.24) is 4.90 Å². The molecule has 2 rings (SSSR count). The Morgan fingerprint density at radius 1 is 1.40 bits per heavy atom. The minimum absolute atomic E-state index is 0.624. The summed E-state index contributed by atoms with van der Waals surface area (Å²) in [5.74, 6) is 1.37. The van der Waals surface area contributed by atoms with Crippen LogP contribution in [0.1, 0.15) is 51.5 Å². The Bertz CT molecular complexity index is 441. The molecule has 1 aliphatic heterocycles. The first kappa shape index (κ1) is 15.3. The van der Waals surface area contributed by atoms with Crippen molar-refractivity contribution in [3.05, 3.63) is 29.8 Å². The van der Waals surface area contributed by atoms with Gasteiger partial charge in [-0.1, -0.05) is 32.9 Å². The number of hydrogen-bond acceptors (Lipinski definition) is 1. The third kappa shape index (κ3) is 3.95. The summed E-state index contributed by atoms with van der Waals surface area (Å²) in [5.41, 5.74) is 2.50. The molecule has 20 heavy (non-hydrogen) atoms. The first-order chi connectivity index (χ1) is 9.60. The fourth-order valence-corrected chi connectivity index (χ4v) is 2.99. The van der Waals surface area contributed by atoms with Crippen LogP contribution in [0.15, 0.2) is 24.3 Å². The number of thiocarbonyl (C=S) groups is 1. The minimum Gasteiger partial charge on any atom is -0.349 e. The van der Waals surface area contributed by atoms with E-state index in [-0.39, 0.29) is 0 Å². The summed E-state index contributed by atoms with van der Waals surface area (Å²) in [6, 6.07) is 8.69. The highest BCUT2D eigenvalue weighted by molar-refractivity contribution is 7.80. The molecule has 1 N–H and O–H groups in total. The van der Waals surface area contributed by atoms with E-state index in [0.29, 0.717) is 5.92 Å². The van der Waals surface area contributed by atoms with E-state index in [2.05, 4.69) is 55.3 Å². The second-order valence-corrected chi connectivity index (χ2v) is 6.44. The van der Waals surface area contributed by atoms with Gasteiger partial charge in [-0.3, -0.25) is 0 Å². The molecule has 2 nitrogen and oxygen atoms in total. The summed E-state index contributed by atoms with van der Waals surface area (Å²) in [4.78, 5) is 2.30. The molecule has 0 bridgehead atoms. The van der Waals surface area contributed by atoms with Gasteiger partial charge in [0, 0.05) is 18.8 Å². The summed E-state index contributed by atoms with van der Waals surface area (Å²) in [6.07, 6.45) is 3.75. The van der Waals surface area contributed by atoms with Crippen LogP contribution in [0.2, 0.25) is 0 Å². The third-order valence-corrected chi connectivity index (χ3v) is 4.65. The molecule has 1 fully saturated rings. The van der Waals surface area contributed by atoms with Gasteiger partial charge in [-0.25, -0.2) is 0 Å². The predicted molar refractivity (Wildman–Crippen MR) is 91.3 cm³/mol. The average Bonchev–Trinajstić information content (AvgIpc) is 2.47. The standard InChI is InChI=1S/C17H26N2S/c1-4-14(3)15-7-9-16(10-8-15)18-17(20)19-11-5-6-13(2)12-19/h7-10,13-14H,4-6,11-12H2,1-3H3,(H,18,20). The number of benzene rings is 1. The summed E-state index contributed by atoms with van der Waals surface area (Å²) in [6.45, 7) is 8.96. The predicted octanol–water partition coefficient (Wildman–Crippen LogP) is 4.63. The normalized spacial score (nSPS) is 20.6. The Balaban J connectivity index is 1.94. The summed E-state index contributed by atoms with van der Waals surface area (Å²) in [5, 5.41) is 4.24. The highest BCUT2D eigenvalue weighted by atomic mass is 32.1. The molecule has 0 aromatic heterocycles. The molecule has 1 aromatic rings. The number of nitrogens with zero attached hydrogens (tertiary/aromatic N) is 1. The highest BCUT2D eigenvalue weighted by Crippen LogP contribution is 2.21. The van der Waals surface area contributed by atoms with E-state index in [9.17, 15) is 0 Å². The van der Waals surface area contributed by atoms with Crippen LogP contribution in [-0.4, -0.2) is 23.1 Å². The first-order valence-corrected chi connectivity index (χ1v) is 8.17. The molecule has 3 heteroatoms. The maximum atomic E-state index is 5.53. The number of hydrogen-bond donors (Lipinski definition) is 1.